The third-order valence-electron chi connectivity index (χ3n) is 2.30. The van der Waals surface area contributed by atoms with Crippen LogP contribution in [0.25, 0.3) is 0 Å². The van der Waals surface area contributed by atoms with E-state index in [1.807, 2.05) is 0 Å². The molecule has 0 aliphatic rings. The molecule has 0 atom stereocenters. The van der Waals surface area contributed by atoms with E-state index in [9.17, 15) is 4.79 Å². The average Bonchev–Trinajstić information content (AvgIpc) is 2.55. The summed E-state index contributed by atoms with van der Waals surface area (Å²) >= 11 is 1.23. The van der Waals surface area contributed by atoms with Gasteiger partial charge in [-0.15, -0.1) is 0 Å². The second kappa shape index (κ2) is 5.16. The maximum atomic E-state index is 11.3. The minimum Gasteiger partial charge on any atom is -0.382 e. The average molecular weight is 242 g/mol. The number of amides is 1. The van der Waals surface area contributed by atoms with Crippen LogP contribution in [-0.2, 0) is 0 Å². The lowest BCUT2D eigenvalue weighted by atomic mass is 10.2. The highest BCUT2D eigenvalue weighted by atomic mass is 32.1. The first-order chi connectivity index (χ1) is 7.49. The Bertz CT molecular complexity index is 375. The Hall–Kier alpha value is -1.30. The van der Waals surface area contributed by atoms with Crippen molar-refractivity contribution in [3.63, 3.8) is 0 Å². The Labute approximate surface area is 99.6 Å². The zero-order valence-corrected chi connectivity index (χ0v) is 10.7. The molecule has 5 nitrogen and oxygen atoms in total. The molecule has 16 heavy (non-hydrogen) atoms. The van der Waals surface area contributed by atoms with Crippen molar-refractivity contribution in [3.8, 4) is 0 Å². The number of rotatable bonds is 5. The van der Waals surface area contributed by atoms with Gasteiger partial charge in [0.15, 0.2) is 5.82 Å². The van der Waals surface area contributed by atoms with Gasteiger partial charge in [-0.2, -0.15) is 4.37 Å². The van der Waals surface area contributed by atoms with Crippen LogP contribution in [0.4, 0.5) is 10.8 Å². The smallest absolute Gasteiger partial charge is 0.255 e. The van der Waals surface area contributed by atoms with Crippen LogP contribution in [0.3, 0.4) is 0 Å². The number of carbonyl (C=O) groups is 1. The molecule has 0 saturated heterocycles. The molecule has 1 aromatic rings. The Kier molecular flexibility index (Phi) is 4.12. The monoisotopic (exact) mass is 242 g/mol. The van der Waals surface area contributed by atoms with Gasteiger partial charge in [-0.1, -0.05) is 6.92 Å². The molecule has 0 aliphatic carbocycles. The number of primary amides is 1. The van der Waals surface area contributed by atoms with Crippen molar-refractivity contribution in [1.29, 1.82) is 0 Å². The number of hydrogen-bond donors (Lipinski definition) is 2. The van der Waals surface area contributed by atoms with Crippen LogP contribution in [0.15, 0.2) is 0 Å². The topological polar surface area (TPSA) is 85.2 Å². The van der Waals surface area contributed by atoms with E-state index in [-0.39, 0.29) is 11.9 Å². The van der Waals surface area contributed by atoms with Crippen molar-refractivity contribution in [2.75, 3.05) is 17.2 Å². The van der Waals surface area contributed by atoms with Gasteiger partial charge in [0.25, 0.3) is 5.91 Å². The van der Waals surface area contributed by atoms with Crippen LogP contribution in [0.1, 0.15) is 37.6 Å². The SMILES string of the molecule is CCCN(c1snc(N)c1C(N)=O)C(C)C. The normalized spacial score (nSPS) is 10.8. The van der Waals surface area contributed by atoms with Gasteiger partial charge in [0.2, 0.25) is 0 Å². The number of carbonyl (C=O) groups excluding carboxylic acids is 1. The van der Waals surface area contributed by atoms with Gasteiger partial charge in [-0.05, 0) is 31.8 Å². The minimum absolute atomic E-state index is 0.231. The summed E-state index contributed by atoms with van der Waals surface area (Å²) in [5.41, 5.74) is 11.3. The molecule has 1 aromatic heterocycles. The predicted octanol–water partition coefficient (Wildman–Crippen LogP) is 1.45. The van der Waals surface area contributed by atoms with Gasteiger partial charge < -0.3 is 16.4 Å². The molecule has 0 bridgehead atoms. The van der Waals surface area contributed by atoms with Gasteiger partial charge in [-0.25, -0.2) is 0 Å². The molecule has 0 radical (unpaired) electrons. The van der Waals surface area contributed by atoms with Crippen molar-refractivity contribution in [1.82, 2.24) is 4.37 Å². The first-order valence-electron chi connectivity index (χ1n) is 5.30. The molecule has 1 rings (SSSR count). The zero-order chi connectivity index (χ0) is 12.3. The molecule has 0 spiro atoms. The van der Waals surface area contributed by atoms with Crippen molar-refractivity contribution in [3.05, 3.63) is 5.56 Å². The van der Waals surface area contributed by atoms with Crippen LogP contribution in [0.5, 0.6) is 0 Å². The molecular weight excluding hydrogens is 224 g/mol. The summed E-state index contributed by atoms with van der Waals surface area (Å²) in [5, 5.41) is 0.779. The van der Waals surface area contributed by atoms with E-state index in [0.29, 0.717) is 5.56 Å². The first-order valence-corrected chi connectivity index (χ1v) is 6.08. The van der Waals surface area contributed by atoms with Crippen LogP contribution in [0, 0.1) is 0 Å². The fourth-order valence-electron chi connectivity index (χ4n) is 1.56. The number of nitrogen functional groups attached to an aromatic ring is 1. The van der Waals surface area contributed by atoms with E-state index in [4.69, 9.17) is 11.5 Å². The molecule has 0 fully saturated rings. The second-order valence-electron chi connectivity index (χ2n) is 3.90. The molecule has 1 amide bonds. The van der Waals surface area contributed by atoms with E-state index < -0.39 is 5.91 Å². The lowest BCUT2D eigenvalue weighted by Gasteiger charge is -2.27. The summed E-state index contributed by atoms with van der Waals surface area (Å²) in [7, 11) is 0. The van der Waals surface area contributed by atoms with Crippen LogP contribution in [0.2, 0.25) is 0 Å². The molecule has 0 aromatic carbocycles. The van der Waals surface area contributed by atoms with Gasteiger partial charge >= 0.3 is 0 Å². The molecule has 1 heterocycles. The van der Waals surface area contributed by atoms with E-state index in [0.717, 1.165) is 18.0 Å². The highest BCUT2D eigenvalue weighted by molar-refractivity contribution is 7.11. The van der Waals surface area contributed by atoms with Crippen LogP contribution < -0.4 is 16.4 Å². The van der Waals surface area contributed by atoms with Crippen molar-refractivity contribution < 1.29 is 4.79 Å². The van der Waals surface area contributed by atoms with Crippen LogP contribution in [-0.4, -0.2) is 22.9 Å². The summed E-state index contributed by atoms with van der Waals surface area (Å²) < 4.78 is 4.00. The molecule has 0 aliphatic heterocycles. The number of hydrogen-bond acceptors (Lipinski definition) is 5. The Morgan fingerprint density at radius 2 is 2.19 bits per heavy atom. The molecule has 0 unspecified atom stereocenters. The summed E-state index contributed by atoms with van der Waals surface area (Å²) in [4.78, 5) is 13.4. The van der Waals surface area contributed by atoms with Crippen LogP contribution >= 0.6 is 11.5 Å². The number of nitrogens with zero attached hydrogens (tertiary/aromatic N) is 2. The Morgan fingerprint density at radius 3 is 2.62 bits per heavy atom. The number of nitrogens with two attached hydrogens (primary N) is 2. The maximum Gasteiger partial charge on any atom is 0.255 e. The summed E-state index contributed by atoms with van der Waals surface area (Å²) in [6.07, 6.45) is 0.994. The fourth-order valence-corrected chi connectivity index (χ4v) is 2.54. The minimum atomic E-state index is -0.511. The van der Waals surface area contributed by atoms with E-state index in [1.165, 1.54) is 11.5 Å². The highest BCUT2D eigenvalue weighted by Crippen LogP contribution is 2.31. The van der Waals surface area contributed by atoms with E-state index in [2.05, 4.69) is 30.0 Å². The largest absolute Gasteiger partial charge is 0.382 e. The van der Waals surface area contributed by atoms with E-state index in [1.54, 1.807) is 0 Å². The van der Waals surface area contributed by atoms with Crippen molar-refractivity contribution in [2.45, 2.75) is 33.2 Å². The van der Waals surface area contributed by atoms with Gasteiger partial charge in [0.1, 0.15) is 10.6 Å². The van der Waals surface area contributed by atoms with E-state index >= 15 is 0 Å². The van der Waals surface area contributed by atoms with Crippen molar-refractivity contribution in [2.24, 2.45) is 5.73 Å². The molecule has 90 valence electrons. The molecule has 4 N–H and O–H groups in total. The lowest BCUT2D eigenvalue weighted by Crippen LogP contribution is -2.32. The molecular formula is C10H18N4OS. The van der Waals surface area contributed by atoms with Gasteiger partial charge in [-0.3, -0.25) is 4.79 Å². The Morgan fingerprint density at radius 1 is 1.56 bits per heavy atom. The summed E-state index contributed by atoms with van der Waals surface area (Å²) in [6, 6.07) is 0.290. The maximum absolute atomic E-state index is 11.3. The first kappa shape index (κ1) is 12.8. The van der Waals surface area contributed by atoms with Gasteiger partial charge in [0.05, 0.1) is 0 Å². The van der Waals surface area contributed by atoms with Crippen molar-refractivity contribution >= 4 is 28.3 Å². The zero-order valence-electron chi connectivity index (χ0n) is 9.86. The number of aromatic nitrogens is 1. The third-order valence-corrected chi connectivity index (χ3v) is 3.20. The third kappa shape index (κ3) is 2.44. The fraction of sp³-hybridized carbons (Fsp3) is 0.600. The second-order valence-corrected chi connectivity index (χ2v) is 4.65. The molecule has 6 heteroatoms. The quantitative estimate of drug-likeness (QED) is 0.818. The summed E-state index contributed by atoms with van der Waals surface area (Å²) in [5.74, 6) is -0.280. The molecule has 0 saturated carbocycles. The number of anilines is 2. The van der Waals surface area contributed by atoms with Gasteiger partial charge in [0, 0.05) is 12.6 Å². The lowest BCUT2D eigenvalue weighted by molar-refractivity contribution is 0.100. The predicted molar refractivity (Wildman–Crippen MR) is 67.8 cm³/mol. The Balaban J connectivity index is 3.14. The standard InChI is InChI=1S/C10H18N4OS/c1-4-5-14(6(2)3)10-7(9(12)15)8(11)13-16-10/h6H,4-5H2,1-3H3,(H2,11,13)(H2,12,15). The summed E-state index contributed by atoms with van der Waals surface area (Å²) in [6.45, 7) is 7.08. The highest BCUT2D eigenvalue weighted by Gasteiger charge is 2.22.